The highest BCUT2D eigenvalue weighted by molar-refractivity contribution is 7.13. The molecule has 0 unspecified atom stereocenters. The summed E-state index contributed by atoms with van der Waals surface area (Å²) in [6.07, 6.45) is 4.11. The van der Waals surface area contributed by atoms with Crippen molar-refractivity contribution in [3.63, 3.8) is 0 Å². The van der Waals surface area contributed by atoms with Crippen LogP contribution >= 0.6 is 11.3 Å². The molecule has 0 spiro atoms. The minimum Gasteiger partial charge on any atom is -0.358 e. The van der Waals surface area contributed by atoms with E-state index in [1.54, 1.807) is 29.8 Å². The molecule has 0 saturated heterocycles. The number of carbonyl (C=O) groups is 1. The summed E-state index contributed by atoms with van der Waals surface area (Å²) in [6.45, 7) is 2.27. The van der Waals surface area contributed by atoms with Gasteiger partial charge in [0.15, 0.2) is 0 Å². The van der Waals surface area contributed by atoms with Gasteiger partial charge in [0.2, 0.25) is 0 Å². The molecule has 136 valence electrons. The lowest BCUT2D eigenvalue weighted by atomic mass is 10.1. The van der Waals surface area contributed by atoms with Crippen LogP contribution < -0.4 is 5.32 Å². The predicted octanol–water partition coefficient (Wildman–Crippen LogP) is 4.11. The average molecular weight is 380 g/mol. The summed E-state index contributed by atoms with van der Waals surface area (Å²) >= 11 is 1.57. The number of amides is 1. The lowest BCUT2D eigenvalue weighted by molar-refractivity contribution is 0.0955. The Morgan fingerprint density at radius 1 is 1.26 bits per heavy atom. The molecule has 3 heterocycles. The highest BCUT2D eigenvalue weighted by atomic mass is 32.1. The van der Waals surface area contributed by atoms with Crippen molar-refractivity contribution in [3.05, 3.63) is 70.9 Å². The van der Waals surface area contributed by atoms with Crippen LogP contribution in [0.1, 0.15) is 21.7 Å². The van der Waals surface area contributed by atoms with Gasteiger partial charge in [-0.05, 0) is 37.3 Å². The molecule has 3 aromatic heterocycles. The Hall–Kier alpha value is -3.06. The average Bonchev–Trinajstić information content (AvgIpc) is 3.26. The predicted molar refractivity (Wildman–Crippen MR) is 104 cm³/mol. The number of nitrogens with one attached hydrogen (secondary N) is 2. The molecule has 0 aliphatic heterocycles. The number of carbonyl (C=O) groups excluding carboxylic acids is 1. The number of aromatic amines is 1. The van der Waals surface area contributed by atoms with E-state index in [1.165, 1.54) is 12.1 Å². The number of aryl methyl sites for hydroxylation is 1. The number of fused-ring (bicyclic) bond motifs is 1. The molecular formula is C20H17FN4OS. The number of rotatable bonds is 5. The van der Waals surface area contributed by atoms with Crippen LogP contribution in [0.5, 0.6) is 0 Å². The fourth-order valence-corrected chi connectivity index (χ4v) is 3.89. The van der Waals surface area contributed by atoms with Crippen molar-refractivity contribution in [2.24, 2.45) is 0 Å². The molecule has 0 atom stereocenters. The molecule has 2 N–H and O–H groups in total. The third kappa shape index (κ3) is 3.59. The lowest BCUT2D eigenvalue weighted by Gasteiger charge is -2.04. The Bertz CT molecular complexity index is 1100. The third-order valence-electron chi connectivity index (χ3n) is 4.32. The number of nitrogens with zero attached hydrogens (tertiary/aromatic N) is 2. The number of pyridine rings is 1. The maximum atomic E-state index is 13.5. The first-order valence-corrected chi connectivity index (χ1v) is 9.40. The molecule has 0 saturated carbocycles. The summed E-state index contributed by atoms with van der Waals surface area (Å²) in [5, 5.41) is 6.43. The second kappa shape index (κ2) is 7.28. The first kappa shape index (κ1) is 17.4. The van der Waals surface area contributed by atoms with Crippen molar-refractivity contribution in [2.75, 3.05) is 6.54 Å². The number of benzene rings is 1. The van der Waals surface area contributed by atoms with Gasteiger partial charge in [0.05, 0.1) is 11.3 Å². The molecule has 0 radical (unpaired) electrons. The zero-order valence-corrected chi connectivity index (χ0v) is 15.4. The van der Waals surface area contributed by atoms with Gasteiger partial charge in [-0.1, -0.05) is 0 Å². The molecule has 0 aliphatic rings. The summed E-state index contributed by atoms with van der Waals surface area (Å²) in [5.41, 5.74) is 3.91. The maximum Gasteiger partial charge on any atom is 0.253 e. The second-order valence-electron chi connectivity index (χ2n) is 6.20. The number of hydrogen-bond acceptors (Lipinski definition) is 4. The van der Waals surface area contributed by atoms with Crippen molar-refractivity contribution in [1.29, 1.82) is 0 Å². The van der Waals surface area contributed by atoms with Crippen LogP contribution in [-0.4, -0.2) is 27.4 Å². The minimum atomic E-state index is -0.360. The molecule has 7 heteroatoms. The van der Waals surface area contributed by atoms with Crippen molar-refractivity contribution < 1.29 is 9.18 Å². The van der Waals surface area contributed by atoms with E-state index >= 15 is 0 Å². The number of halogens is 1. The van der Waals surface area contributed by atoms with Crippen molar-refractivity contribution in [3.8, 4) is 10.6 Å². The van der Waals surface area contributed by atoms with Gasteiger partial charge in [0.25, 0.3) is 5.91 Å². The minimum absolute atomic E-state index is 0.214. The van der Waals surface area contributed by atoms with E-state index in [0.29, 0.717) is 23.9 Å². The maximum absolute atomic E-state index is 13.5. The molecule has 5 nitrogen and oxygen atoms in total. The molecule has 0 aliphatic carbocycles. The van der Waals surface area contributed by atoms with E-state index in [1.807, 2.05) is 24.4 Å². The Labute approximate surface area is 159 Å². The number of H-pyrrole nitrogens is 1. The van der Waals surface area contributed by atoms with E-state index < -0.39 is 0 Å². The molecule has 4 rings (SSSR count). The molecule has 4 aromatic rings. The lowest BCUT2D eigenvalue weighted by Crippen LogP contribution is -2.26. The van der Waals surface area contributed by atoms with Gasteiger partial charge in [-0.3, -0.25) is 9.78 Å². The smallest absolute Gasteiger partial charge is 0.253 e. The monoisotopic (exact) mass is 380 g/mol. The van der Waals surface area contributed by atoms with Gasteiger partial charge < -0.3 is 10.3 Å². The fourth-order valence-electron chi connectivity index (χ4n) is 3.03. The third-order valence-corrected chi connectivity index (χ3v) is 5.26. The highest BCUT2D eigenvalue weighted by Gasteiger charge is 2.16. The Morgan fingerprint density at radius 2 is 2.07 bits per heavy atom. The quantitative estimate of drug-likeness (QED) is 0.547. The summed E-state index contributed by atoms with van der Waals surface area (Å²) in [4.78, 5) is 24.3. The Balaban J connectivity index is 1.43. The summed E-state index contributed by atoms with van der Waals surface area (Å²) in [7, 11) is 0. The van der Waals surface area contributed by atoms with Crippen LogP contribution in [-0.2, 0) is 6.42 Å². The Kier molecular flexibility index (Phi) is 4.68. The summed E-state index contributed by atoms with van der Waals surface area (Å²) < 4.78 is 13.5. The molecule has 1 aromatic carbocycles. The van der Waals surface area contributed by atoms with Gasteiger partial charge in [0, 0.05) is 52.9 Å². The number of aromatic nitrogens is 3. The van der Waals surface area contributed by atoms with Crippen LogP contribution in [0.25, 0.3) is 21.5 Å². The molecule has 0 fully saturated rings. The van der Waals surface area contributed by atoms with E-state index in [0.717, 1.165) is 27.5 Å². The van der Waals surface area contributed by atoms with Gasteiger partial charge in [-0.2, -0.15) is 0 Å². The number of hydrogen-bond donors (Lipinski definition) is 2. The van der Waals surface area contributed by atoms with Gasteiger partial charge in [0.1, 0.15) is 10.8 Å². The first-order valence-electron chi connectivity index (χ1n) is 8.52. The first-order chi connectivity index (χ1) is 13.1. The van der Waals surface area contributed by atoms with Gasteiger partial charge in [-0.25, -0.2) is 9.37 Å². The summed E-state index contributed by atoms with van der Waals surface area (Å²) in [6, 6.07) is 8.24. The van der Waals surface area contributed by atoms with Crippen LogP contribution in [0.2, 0.25) is 0 Å². The van der Waals surface area contributed by atoms with E-state index in [9.17, 15) is 9.18 Å². The number of thiazole rings is 1. The van der Waals surface area contributed by atoms with Crippen LogP contribution in [0.3, 0.4) is 0 Å². The van der Waals surface area contributed by atoms with Crippen molar-refractivity contribution in [1.82, 2.24) is 20.3 Å². The van der Waals surface area contributed by atoms with Gasteiger partial charge >= 0.3 is 0 Å². The fraction of sp³-hybridized carbons (Fsp3) is 0.150. The highest BCUT2D eigenvalue weighted by Crippen LogP contribution is 2.24. The van der Waals surface area contributed by atoms with E-state index in [2.05, 4.69) is 20.3 Å². The van der Waals surface area contributed by atoms with Crippen LogP contribution in [0.15, 0.2) is 48.1 Å². The second-order valence-corrected chi connectivity index (χ2v) is 7.06. The van der Waals surface area contributed by atoms with E-state index in [4.69, 9.17) is 0 Å². The van der Waals surface area contributed by atoms with Crippen molar-refractivity contribution in [2.45, 2.75) is 13.3 Å². The standard InChI is InChI=1S/C20H17FN4OS/c1-12-18(16-10-14(21)2-3-17(16)24-12)19(26)23-9-6-15-11-27-20(25-15)13-4-7-22-8-5-13/h2-5,7-8,10-11,24H,6,9H2,1H3,(H,23,26). The molecular weight excluding hydrogens is 363 g/mol. The molecule has 0 bridgehead atoms. The molecule has 1 amide bonds. The van der Waals surface area contributed by atoms with Crippen LogP contribution in [0, 0.1) is 12.7 Å². The van der Waals surface area contributed by atoms with Gasteiger partial charge in [-0.15, -0.1) is 11.3 Å². The van der Waals surface area contributed by atoms with Crippen LogP contribution in [0.4, 0.5) is 4.39 Å². The SMILES string of the molecule is Cc1[nH]c2ccc(F)cc2c1C(=O)NCCc1csc(-c2ccncc2)n1. The largest absolute Gasteiger partial charge is 0.358 e. The topological polar surface area (TPSA) is 70.7 Å². The zero-order valence-electron chi connectivity index (χ0n) is 14.6. The molecule has 27 heavy (non-hydrogen) atoms. The van der Waals surface area contributed by atoms with E-state index in [-0.39, 0.29) is 11.7 Å². The Morgan fingerprint density at radius 3 is 2.89 bits per heavy atom. The normalized spacial score (nSPS) is 11.0. The summed E-state index contributed by atoms with van der Waals surface area (Å²) in [5.74, 6) is -0.574. The van der Waals surface area contributed by atoms with Crippen molar-refractivity contribution >= 4 is 28.1 Å². The zero-order chi connectivity index (χ0) is 18.8.